The molecule has 0 bridgehead atoms. The molecule has 0 aromatic heterocycles. The van der Waals surface area contributed by atoms with E-state index in [1.54, 1.807) is 0 Å². The number of hydrogen-bond acceptors (Lipinski definition) is 2. The molecule has 130 valence electrons. The van der Waals surface area contributed by atoms with Crippen LogP contribution in [0.25, 0.3) is 0 Å². The molecule has 1 amide bonds. The first-order valence-electron chi connectivity index (χ1n) is 9.49. The van der Waals surface area contributed by atoms with Gasteiger partial charge >= 0.3 is 0 Å². The number of carbonyl (C=O) groups excluding carboxylic acids is 1. The molecule has 3 rings (SSSR count). The molecule has 1 aromatic carbocycles. The number of benzene rings is 1. The number of para-hydroxylation sites is 1. The molecular weight excluding hydrogens is 296 g/mol. The van der Waals surface area contributed by atoms with Crippen LogP contribution in [0, 0.1) is 5.92 Å². The maximum atomic E-state index is 12.3. The number of aryl methyl sites for hydroxylation is 1. The van der Waals surface area contributed by atoms with Crippen LogP contribution in [-0.4, -0.2) is 37.0 Å². The summed E-state index contributed by atoms with van der Waals surface area (Å²) in [6.07, 6.45) is 11.0. The van der Waals surface area contributed by atoms with Gasteiger partial charge in [0, 0.05) is 18.7 Å². The second-order valence-corrected chi connectivity index (χ2v) is 7.12. The van der Waals surface area contributed by atoms with Crippen LogP contribution in [-0.2, 0) is 11.2 Å². The number of amides is 1. The van der Waals surface area contributed by atoms with Crippen LogP contribution in [0.3, 0.4) is 0 Å². The normalized spacial score (nSPS) is 19.9. The van der Waals surface area contributed by atoms with Gasteiger partial charge < -0.3 is 9.80 Å². The quantitative estimate of drug-likeness (QED) is 0.737. The molecule has 3 heteroatoms. The summed E-state index contributed by atoms with van der Waals surface area (Å²) >= 11 is 0. The lowest BCUT2D eigenvalue weighted by Crippen LogP contribution is -2.39. The van der Waals surface area contributed by atoms with Crippen molar-refractivity contribution in [3.63, 3.8) is 0 Å². The van der Waals surface area contributed by atoms with Crippen LogP contribution < -0.4 is 4.90 Å². The molecular formula is C21H30N2O. The Kier molecular flexibility index (Phi) is 6.08. The maximum absolute atomic E-state index is 12.3. The standard InChI is InChI=1S/C21H30N2O/c1-2-3-7-18-12-16-22(17-13-18)14-6-15-23-20-9-5-4-8-19(20)10-11-21(23)24/h2-5,8-9,18H,6-7,10-17H2,1H3/b3-2+. The highest BCUT2D eigenvalue weighted by molar-refractivity contribution is 5.96. The van der Waals surface area contributed by atoms with E-state index >= 15 is 0 Å². The van der Waals surface area contributed by atoms with Crippen LogP contribution in [0.15, 0.2) is 36.4 Å². The van der Waals surface area contributed by atoms with Gasteiger partial charge in [0.05, 0.1) is 0 Å². The molecule has 2 heterocycles. The summed E-state index contributed by atoms with van der Waals surface area (Å²) < 4.78 is 0. The molecule has 1 aromatic rings. The summed E-state index contributed by atoms with van der Waals surface area (Å²) in [6, 6.07) is 8.37. The van der Waals surface area contributed by atoms with Crippen molar-refractivity contribution >= 4 is 11.6 Å². The molecule has 0 spiro atoms. The van der Waals surface area contributed by atoms with E-state index in [1.807, 2.05) is 11.0 Å². The number of hydrogen-bond donors (Lipinski definition) is 0. The van der Waals surface area contributed by atoms with Gasteiger partial charge in [-0.05, 0) is 76.2 Å². The molecule has 2 aliphatic heterocycles. The molecule has 0 saturated carbocycles. The number of carbonyl (C=O) groups is 1. The van der Waals surface area contributed by atoms with Gasteiger partial charge in [-0.1, -0.05) is 30.4 Å². The molecule has 0 N–H and O–H groups in total. The lowest BCUT2D eigenvalue weighted by molar-refractivity contribution is -0.118. The van der Waals surface area contributed by atoms with Crippen molar-refractivity contribution in [1.29, 1.82) is 0 Å². The third kappa shape index (κ3) is 4.27. The summed E-state index contributed by atoms with van der Waals surface area (Å²) in [5.74, 6) is 1.16. The Morgan fingerprint density at radius 3 is 2.71 bits per heavy atom. The zero-order valence-electron chi connectivity index (χ0n) is 14.9. The minimum absolute atomic E-state index is 0.291. The first-order valence-corrected chi connectivity index (χ1v) is 9.49. The van der Waals surface area contributed by atoms with E-state index < -0.39 is 0 Å². The zero-order chi connectivity index (χ0) is 16.8. The predicted octanol–water partition coefficient (Wildman–Crippen LogP) is 4.03. The Hall–Kier alpha value is -1.61. The smallest absolute Gasteiger partial charge is 0.227 e. The molecule has 0 aliphatic carbocycles. The summed E-state index contributed by atoms with van der Waals surface area (Å²) in [5, 5.41) is 0. The van der Waals surface area contributed by atoms with Crippen molar-refractivity contribution in [3.8, 4) is 0 Å². The summed E-state index contributed by atoms with van der Waals surface area (Å²) in [4.78, 5) is 16.9. The van der Waals surface area contributed by atoms with E-state index in [-0.39, 0.29) is 0 Å². The van der Waals surface area contributed by atoms with Crippen LogP contribution in [0.4, 0.5) is 5.69 Å². The molecule has 2 aliphatic rings. The highest BCUT2D eigenvalue weighted by atomic mass is 16.2. The Balaban J connectivity index is 1.45. The summed E-state index contributed by atoms with van der Waals surface area (Å²) in [6.45, 7) is 6.51. The molecule has 1 saturated heterocycles. The van der Waals surface area contributed by atoms with E-state index in [4.69, 9.17) is 0 Å². The monoisotopic (exact) mass is 326 g/mol. The lowest BCUT2D eigenvalue weighted by atomic mass is 9.93. The van der Waals surface area contributed by atoms with Gasteiger partial charge in [0.1, 0.15) is 0 Å². The van der Waals surface area contributed by atoms with Gasteiger partial charge in [-0.25, -0.2) is 0 Å². The van der Waals surface area contributed by atoms with Gasteiger partial charge in [0.25, 0.3) is 0 Å². The van der Waals surface area contributed by atoms with Gasteiger partial charge in [-0.3, -0.25) is 4.79 Å². The number of likely N-dealkylation sites (tertiary alicyclic amines) is 1. The fourth-order valence-corrected chi connectivity index (χ4v) is 3.97. The second-order valence-electron chi connectivity index (χ2n) is 7.12. The van der Waals surface area contributed by atoms with Crippen molar-refractivity contribution in [2.24, 2.45) is 5.92 Å². The van der Waals surface area contributed by atoms with Crippen molar-refractivity contribution in [2.75, 3.05) is 31.1 Å². The van der Waals surface area contributed by atoms with Crippen LogP contribution in [0.2, 0.25) is 0 Å². The van der Waals surface area contributed by atoms with Gasteiger partial charge in [0.15, 0.2) is 0 Å². The fraction of sp³-hybridized carbons (Fsp3) is 0.571. The zero-order valence-corrected chi connectivity index (χ0v) is 14.9. The SMILES string of the molecule is C/C=C/CC1CCN(CCCN2C(=O)CCc3ccccc32)CC1. The van der Waals surface area contributed by atoms with E-state index in [1.165, 1.54) is 37.9 Å². The molecule has 3 nitrogen and oxygen atoms in total. The van der Waals surface area contributed by atoms with Gasteiger partial charge in [-0.15, -0.1) is 0 Å². The number of anilines is 1. The minimum atomic E-state index is 0.291. The number of nitrogens with zero attached hydrogens (tertiary/aromatic N) is 2. The largest absolute Gasteiger partial charge is 0.312 e. The van der Waals surface area contributed by atoms with Crippen LogP contribution in [0.1, 0.15) is 44.6 Å². The Morgan fingerprint density at radius 1 is 1.12 bits per heavy atom. The molecule has 0 atom stereocenters. The summed E-state index contributed by atoms with van der Waals surface area (Å²) in [7, 11) is 0. The van der Waals surface area contributed by atoms with Crippen molar-refractivity contribution in [3.05, 3.63) is 42.0 Å². The van der Waals surface area contributed by atoms with Crippen molar-refractivity contribution in [2.45, 2.75) is 45.4 Å². The van der Waals surface area contributed by atoms with E-state index in [0.29, 0.717) is 12.3 Å². The van der Waals surface area contributed by atoms with E-state index in [2.05, 4.69) is 42.2 Å². The second kappa shape index (κ2) is 8.48. The predicted molar refractivity (Wildman–Crippen MR) is 100 cm³/mol. The number of piperidine rings is 1. The maximum Gasteiger partial charge on any atom is 0.227 e. The van der Waals surface area contributed by atoms with E-state index in [0.717, 1.165) is 37.5 Å². The first-order chi connectivity index (χ1) is 11.8. The number of allylic oxidation sites excluding steroid dienone is 2. The van der Waals surface area contributed by atoms with E-state index in [9.17, 15) is 4.79 Å². The summed E-state index contributed by atoms with van der Waals surface area (Å²) in [5.41, 5.74) is 2.46. The van der Waals surface area contributed by atoms with Crippen molar-refractivity contribution < 1.29 is 4.79 Å². The molecule has 24 heavy (non-hydrogen) atoms. The highest BCUT2D eigenvalue weighted by Crippen LogP contribution is 2.27. The third-order valence-corrected chi connectivity index (χ3v) is 5.46. The first kappa shape index (κ1) is 17.2. The lowest BCUT2D eigenvalue weighted by Gasteiger charge is -2.33. The molecule has 0 unspecified atom stereocenters. The molecule has 0 radical (unpaired) electrons. The minimum Gasteiger partial charge on any atom is -0.312 e. The number of fused-ring (bicyclic) bond motifs is 1. The van der Waals surface area contributed by atoms with Gasteiger partial charge in [0.2, 0.25) is 5.91 Å². The molecule has 1 fully saturated rings. The fourth-order valence-electron chi connectivity index (χ4n) is 3.97. The Labute approximate surface area is 146 Å². The van der Waals surface area contributed by atoms with Crippen LogP contribution >= 0.6 is 0 Å². The Bertz CT molecular complexity index is 573. The van der Waals surface area contributed by atoms with Crippen LogP contribution in [0.5, 0.6) is 0 Å². The average Bonchev–Trinajstić information content (AvgIpc) is 2.63. The third-order valence-electron chi connectivity index (χ3n) is 5.46. The Morgan fingerprint density at radius 2 is 1.92 bits per heavy atom. The highest BCUT2D eigenvalue weighted by Gasteiger charge is 2.24. The number of rotatable bonds is 6. The average molecular weight is 326 g/mol. The van der Waals surface area contributed by atoms with Crippen molar-refractivity contribution in [1.82, 2.24) is 4.90 Å². The van der Waals surface area contributed by atoms with Gasteiger partial charge in [-0.2, -0.15) is 0 Å². The topological polar surface area (TPSA) is 23.6 Å².